The highest BCUT2D eigenvalue weighted by atomic mass is 79.9. The SMILES string of the molecule is CC(C)NCC(CC1CCC(C)(C)O1)c1ccccc1Br. The minimum absolute atomic E-state index is 0.0502. The molecule has 0 bridgehead atoms. The highest BCUT2D eigenvalue weighted by Crippen LogP contribution is 2.36. The molecule has 0 aliphatic carbocycles. The van der Waals surface area contributed by atoms with E-state index in [1.54, 1.807) is 0 Å². The topological polar surface area (TPSA) is 21.3 Å². The van der Waals surface area contributed by atoms with Crippen molar-refractivity contribution in [1.29, 1.82) is 0 Å². The predicted octanol–water partition coefficient (Wildman–Crippen LogP) is 4.88. The summed E-state index contributed by atoms with van der Waals surface area (Å²) in [7, 11) is 0. The molecule has 1 N–H and O–H groups in total. The molecule has 118 valence electrons. The Morgan fingerprint density at radius 2 is 2.05 bits per heavy atom. The van der Waals surface area contributed by atoms with Crippen LogP contribution in [0.5, 0.6) is 0 Å². The number of nitrogens with one attached hydrogen (secondary N) is 1. The Labute approximate surface area is 137 Å². The fourth-order valence-corrected chi connectivity index (χ4v) is 3.67. The largest absolute Gasteiger partial charge is 0.372 e. The van der Waals surface area contributed by atoms with Crippen LogP contribution in [-0.2, 0) is 4.74 Å². The molecule has 21 heavy (non-hydrogen) atoms. The van der Waals surface area contributed by atoms with Gasteiger partial charge in [-0.3, -0.25) is 0 Å². The molecule has 1 saturated heterocycles. The first-order chi connectivity index (χ1) is 9.87. The molecule has 2 atom stereocenters. The Bertz CT molecular complexity index is 458. The van der Waals surface area contributed by atoms with Crippen molar-refractivity contribution in [2.75, 3.05) is 6.54 Å². The summed E-state index contributed by atoms with van der Waals surface area (Å²) in [4.78, 5) is 0. The fourth-order valence-electron chi connectivity index (χ4n) is 3.07. The first-order valence-electron chi connectivity index (χ1n) is 8.03. The molecule has 1 aromatic carbocycles. The van der Waals surface area contributed by atoms with Crippen molar-refractivity contribution < 1.29 is 4.74 Å². The van der Waals surface area contributed by atoms with Crippen molar-refractivity contribution in [3.63, 3.8) is 0 Å². The van der Waals surface area contributed by atoms with E-state index in [1.165, 1.54) is 16.5 Å². The number of ether oxygens (including phenoxy) is 1. The van der Waals surface area contributed by atoms with Crippen molar-refractivity contribution in [2.45, 2.75) is 70.6 Å². The first-order valence-corrected chi connectivity index (χ1v) is 8.82. The third-order valence-electron chi connectivity index (χ3n) is 4.22. The second-order valence-corrected chi connectivity index (χ2v) is 7.91. The molecule has 1 heterocycles. The second kappa shape index (κ2) is 7.26. The number of benzene rings is 1. The van der Waals surface area contributed by atoms with E-state index in [9.17, 15) is 0 Å². The summed E-state index contributed by atoms with van der Waals surface area (Å²) in [5.41, 5.74) is 1.44. The summed E-state index contributed by atoms with van der Waals surface area (Å²) in [6.07, 6.45) is 3.81. The molecule has 2 rings (SSSR count). The smallest absolute Gasteiger partial charge is 0.0631 e. The van der Waals surface area contributed by atoms with Gasteiger partial charge in [0, 0.05) is 17.1 Å². The molecule has 0 amide bonds. The van der Waals surface area contributed by atoms with E-state index < -0.39 is 0 Å². The van der Waals surface area contributed by atoms with Gasteiger partial charge >= 0.3 is 0 Å². The fraction of sp³-hybridized carbons (Fsp3) is 0.667. The normalized spacial score (nSPS) is 22.7. The van der Waals surface area contributed by atoms with Crippen molar-refractivity contribution in [3.05, 3.63) is 34.3 Å². The number of hydrogen-bond donors (Lipinski definition) is 1. The van der Waals surface area contributed by atoms with Crippen LogP contribution in [-0.4, -0.2) is 24.3 Å². The lowest BCUT2D eigenvalue weighted by atomic mass is 9.91. The molecule has 1 aliphatic rings. The van der Waals surface area contributed by atoms with Gasteiger partial charge in [-0.15, -0.1) is 0 Å². The van der Waals surface area contributed by atoms with E-state index >= 15 is 0 Å². The van der Waals surface area contributed by atoms with Crippen LogP contribution in [0.2, 0.25) is 0 Å². The Morgan fingerprint density at radius 1 is 1.33 bits per heavy atom. The van der Waals surface area contributed by atoms with Crippen LogP contribution < -0.4 is 5.32 Å². The highest BCUT2D eigenvalue weighted by Gasteiger charge is 2.33. The van der Waals surface area contributed by atoms with Gasteiger partial charge in [0.2, 0.25) is 0 Å². The van der Waals surface area contributed by atoms with Crippen LogP contribution in [0.25, 0.3) is 0 Å². The summed E-state index contributed by atoms with van der Waals surface area (Å²) >= 11 is 3.71. The molecule has 1 aromatic rings. The first kappa shape index (κ1) is 17.0. The molecule has 0 spiro atoms. The minimum Gasteiger partial charge on any atom is -0.372 e. The summed E-state index contributed by atoms with van der Waals surface area (Å²) in [5, 5.41) is 3.59. The molecule has 1 fully saturated rings. The number of hydrogen-bond acceptors (Lipinski definition) is 2. The highest BCUT2D eigenvalue weighted by molar-refractivity contribution is 9.10. The maximum Gasteiger partial charge on any atom is 0.0631 e. The van der Waals surface area contributed by atoms with E-state index in [0.29, 0.717) is 18.1 Å². The van der Waals surface area contributed by atoms with E-state index in [0.717, 1.165) is 19.4 Å². The van der Waals surface area contributed by atoms with Crippen LogP contribution in [0.3, 0.4) is 0 Å². The van der Waals surface area contributed by atoms with Crippen LogP contribution >= 0.6 is 15.9 Å². The molecule has 2 unspecified atom stereocenters. The maximum absolute atomic E-state index is 6.20. The van der Waals surface area contributed by atoms with E-state index in [4.69, 9.17) is 4.74 Å². The third-order valence-corrected chi connectivity index (χ3v) is 4.94. The molecule has 0 radical (unpaired) electrons. The summed E-state index contributed by atoms with van der Waals surface area (Å²) in [6, 6.07) is 9.09. The number of halogens is 1. The lowest BCUT2D eigenvalue weighted by Crippen LogP contribution is -2.30. The summed E-state index contributed by atoms with van der Waals surface area (Å²) in [5.74, 6) is 0.488. The molecular weight excluding hydrogens is 326 g/mol. The Morgan fingerprint density at radius 3 is 2.62 bits per heavy atom. The van der Waals surface area contributed by atoms with Gasteiger partial charge in [0.05, 0.1) is 11.7 Å². The average molecular weight is 354 g/mol. The van der Waals surface area contributed by atoms with Gasteiger partial charge < -0.3 is 10.1 Å². The van der Waals surface area contributed by atoms with Gasteiger partial charge in [0.1, 0.15) is 0 Å². The molecule has 3 heteroatoms. The van der Waals surface area contributed by atoms with Crippen molar-refractivity contribution in [2.24, 2.45) is 0 Å². The molecule has 1 aliphatic heterocycles. The van der Waals surface area contributed by atoms with Gasteiger partial charge in [0.25, 0.3) is 0 Å². The summed E-state index contributed by atoms with van der Waals surface area (Å²) < 4.78 is 7.41. The van der Waals surface area contributed by atoms with Gasteiger partial charge in [-0.2, -0.15) is 0 Å². The quantitative estimate of drug-likeness (QED) is 0.786. The monoisotopic (exact) mass is 353 g/mol. The van der Waals surface area contributed by atoms with E-state index in [1.807, 2.05) is 0 Å². The predicted molar refractivity (Wildman–Crippen MR) is 92.8 cm³/mol. The van der Waals surface area contributed by atoms with Crippen molar-refractivity contribution in [1.82, 2.24) is 5.32 Å². The van der Waals surface area contributed by atoms with Crippen LogP contribution in [0.15, 0.2) is 28.7 Å². The second-order valence-electron chi connectivity index (χ2n) is 7.06. The van der Waals surface area contributed by atoms with Gasteiger partial charge in [-0.1, -0.05) is 48.0 Å². The lowest BCUT2D eigenvalue weighted by Gasteiger charge is -2.25. The standard InChI is InChI=1S/C18H28BrNO/c1-13(2)20-12-14(16-7-5-6-8-17(16)19)11-15-9-10-18(3,4)21-15/h5-8,13-15,20H,9-12H2,1-4H3. The zero-order valence-electron chi connectivity index (χ0n) is 13.7. The maximum atomic E-state index is 6.20. The number of rotatable bonds is 6. The van der Waals surface area contributed by atoms with Crippen LogP contribution in [0.4, 0.5) is 0 Å². The van der Waals surface area contributed by atoms with Crippen molar-refractivity contribution >= 4 is 15.9 Å². The lowest BCUT2D eigenvalue weighted by molar-refractivity contribution is -0.0209. The molecule has 0 saturated carbocycles. The molecular formula is C18H28BrNO. The van der Waals surface area contributed by atoms with Gasteiger partial charge in [-0.05, 0) is 50.7 Å². The van der Waals surface area contributed by atoms with E-state index in [2.05, 4.69) is 73.2 Å². The Hall–Kier alpha value is -0.380. The third kappa shape index (κ3) is 5.08. The van der Waals surface area contributed by atoms with Gasteiger partial charge in [0.15, 0.2) is 0 Å². The Kier molecular flexibility index (Phi) is 5.87. The van der Waals surface area contributed by atoms with Crippen LogP contribution in [0.1, 0.15) is 58.4 Å². The minimum atomic E-state index is 0.0502. The zero-order chi connectivity index (χ0) is 15.5. The Balaban J connectivity index is 2.07. The zero-order valence-corrected chi connectivity index (χ0v) is 15.2. The molecule has 2 nitrogen and oxygen atoms in total. The van der Waals surface area contributed by atoms with Crippen molar-refractivity contribution in [3.8, 4) is 0 Å². The molecule has 0 aromatic heterocycles. The van der Waals surface area contributed by atoms with Crippen LogP contribution in [0, 0.1) is 0 Å². The average Bonchev–Trinajstić information content (AvgIpc) is 2.74. The van der Waals surface area contributed by atoms with Gasteiger partial charge in [-0.25, -0.2) is 0 Å². The van der Waals surface area contributed by atoms with E-state index in [-0.39, 0.29) is 5.60 Å². The summed E-state index contributed by atoms with van der Waals surface area (Å²) in [6.45, 7) is 9.80.